The summed E-state index contributed by atoms with van der Waals surface area (Å²) in [7, 11) is -1.17. The minimum absolute atomic E-state index is 0.0856. The molecule has 0 amide bonds. The zero-order valence-corrected chi connectivity index (χ0v) is 13.1. The summed E-state index contributed by atoms with van der Waals surface area (Å²) in [6.07, 6.45) is 1.79. The predicted octanol–water partition coefficient (Wildman–Crippen LogP) is 1.06. The van der Waals surface area contributed by atoms with E-state index < -0.39 is 15.4 Å². The largest absolute Gasteiger partial charge is 0.329 e. The van der Waals surface area contributed by atoms with Gasteiger partial charge in [0.25, 0.3) is 0 Å². The van der Waals surface area contributed by atoms with E-state index in [1.54, 1.807) is 6.07 Å². The maximum absolute atomic E-state index is 13.2. The van der Waals surface area contributed by atoms with Gasteiger partial charge in [-0.25, -0.2) is 12.8 Å². The molecule has 1 unspecified atom stereocenters. The Kier molecular flexibility index (Phi) is 5.68. The van der Waals surface area contributed by atoms with Crippen molar-refractivity contribution in [1.82, 2.24) is 4.90 Å². The molecule has 0 saturated heterocycles. The van der Waals surface area contributed by atoms with Gasteiger partial charge >= 0.3 is 0 Å². The second-order valence-corrected chi connectivity index (χ2v) is 7.82. The fourth-order valence-corrected chi connectivity index (χ4v) is 2.63. The highest BCUT2D eigenvalue weighted by atomic mass is 32.2. The number of benzene rings is 1. The molecular formula is C14H23FN2O2S. The summed E-state index contributed by atoms with van der Waals surface area (Å²) in [5, 5.41) is 0. The first-order valence-corrected chi connectivity index (χ1v) is 8.56. The first-order chi connectivity index (χ1) is 9.16. The average molecular weight is 302 g/mol. The third-order valence-electron chi connectivity index (χ3n) is 3.63. The number of halogens is 1. The lowest BCUT2D eigenvalue weighted by Crippen LogP contribution is -2.52. The quantitative estimate of drug-likeness (QED) is 0.818. The van der Waals surface area contributed by atoms with Crippen molar-refractivity contribution in [2.45, 2.75) is 18.9 Å². The third kappa shape index (κ3) is 5.19. The van der Waals surface area contributed by atoms with Gasteiger partial charge in [-0.1, -0.05) is 12.1 Å². The summed E-state index contributed by atoms with van der Waals surface area (Å²) in [6, 6.07) is 6.40. The van der Waals surface area contributed by atoms with E-state index in [1.165, 1.54) is 18.4 Å². The molecule has 0 saturated carbocycles. The topological polar surface area (TPSA) is 63.4 Å². The zero-order valence-electron chi connectivity index (χ0n) is 12.3. The molecule has 0 bridgehead atoms. The van der Waals surface area contributed by atoms with Gasteiger partial charge in [0, 0.05) is 24.9 Å². The predicted molar refractivity (Wildman–Crippen MR) is 79.9 cm³/mol. The van der Waals surface area contributed by atoms with Crippen LogP contribution in [0.2, 0.25) is 0 Å². The van der Waals surface area contributed by atoms with Gasteiger partial charge in [0.15, 0.2) is 0 Å². The van der Waals surface area contributed by atoms with Crippen molar-refractivity contribution in [3.8, 4) is 0 Å². The molecule has 1 atom stereocenters. The number of nitrogens with zero attached hydrogens (tertiary/aromatic N) is 1. The van der Waals surface area contributed by atoms with E-state index in [4.69, 9.17) is 5.73 Å². The molecular weight excluding hydrogens is 279 g/mol. The van der Waals surface area contributed by atoms with E-state index in [0.717, 1.165) is 5.56 Å². The van der Waals surface area contributed by atoms with Crippen molar-refractivity contribution in [2.75, 3.05) is 32.1 Å². The van der Waals surface area contributed by atoms with Gasteiger partial charge in [0.1, 0.15) is 15.7 Å². The Bertz CT molecular complexity index is 548. The number of hydrogen-bond donors (Lipinski definition) is 1. The normalized spacial score (nSPS) is 15.3. The molecule has 2 N–H and O–H groups in total. The van der Waals surface area contributed by atoms with Gasteiger partial charge in [0.05, 0.1) is 5.75 Å². The molecule has 0 aliphatic heterocycles. The molecule has 0 spiro atoms. The van der Waals surface area contributed by atoms with E-state index in [1.807, 2.05) is 24.9 Å². The first kappa shape index (κ1) is 17.1. The Hall–Kier alpha value is -0.980. The van der Waals surface area contributed by atoms with Crippen LogP contribution in [0.4, 0.5) is 4.39 Å². The second-order valence-electron chi connectivity index (χ2n) is 5.56. The summed E-state index contributed by atoms with van der Waals surface area (Å²) >= 11 is 0. The second kappa shape index (κ2) is 6.65. The van der Waals surface area contributed by atoms with Crippen LogP contribution in [0.5, 0.6) is 0 Å². The van der Waals surface area contributed by atoms with E-state index >= 15 is 0 Å². The van der Waals surface area contributed by atoms with Crippen molar-refractivity contribution in [3.63, 3.8) is 0 Å². The fourth-order valence-electron chi connectivity index (χ4n) is 2.02. The lowest BCUT2D eigenvalue weighted by Gasteiger charge is -2.38. The minimum atomic E-state index is -3.01. The zero-order chi connectivity index (χ0) is 15.4. The van der Waals surface area contributed by atoms with E-state index in [9.17, 15) is 12.8 Å². The van der Waals surface area contributed by atoms with Gasteiger partial charge in [-0.3, -0.25) is 4.90 Å². The van der Waals surface area contributed by atoms with Crippen molar-refractivity contribution in [2.24, 2.45) is 5.73 Å². The fraction of sp³-hybridized carbons (Fsp3) is 0.571. The van der Waals surface area contributed by atoms with Crippen molar-refractivity contribution >= 4 is 9.84 Å². The van der Waals surface area contributed by atoms with Crippen LogP contribution in [0.1, 0.15) is 12.5 Å². The Balaban J connectivity index is 2.80. The molecule has 114 valence electrons. The van der Waals surface area contributed by atoms with E-state index in [2.05, 4.69) is 0 Å². The molecule has 20 heavy (non-hydrogen) atoms. The molecule has 0 aromatic heterocycles. The van der Waals surface area contributed by atoms with Crippen LogP contribution in [0.3, 0.4) is 0 Å². The highest BCUT2D eigenvalue weighted by Crippen LogP contribution is 2.19. The van der Waals surface area contributed by atoms with Gasteiger partial charge in [0.2, 0.25) is 0 Å². The van der Waals surface area contributed by atoms with Crippen molar-refractivity contribution in [1.29, 1.82) is 0 Å². The molecule has 1 rings (SSSR count). The summed E-state index contributed by atoms with van der Waals surface area (Å²) < 4.78 is 35.7. The molecule has 0 aliphatic rings. The summed E-state index contributed by atoms with van der Waals surface area (Å²) in [6.45, 7) is 2.73. The molecule has 4 nitrogen and oxygen atoms in total. The maximum Gasteiger partial charge on any atom is 0.148 e. The molecule has 0 fully saturated rings. The van der Waals surface area contributed by atoms with Crippen LogP contribution in [-0.4, -0.2) is 51.0 Å². The van der Waals surface area contributed by atoms with Gasteiger partial charge in [-0.2, -0.15) is 0 Å². The Labute approximate surface area is 120 Å². The monoisotopic (exact) mass is 302 g/mol. The Morgan fingerprint density at radius 1 is 1.40 bits per heavy atom. The number of rotatable bonds is 7. The van der Waals surface area contributed by atoms with Crippen LogP contribution in [0.25, 0.3) is 0 Å². The highest BCUT2D eigenvalue weighted by molar-refractivity contribution is 7.90. The SMILES string of the molecule is CN(CCS(C)(=O)=O)C(C)(CN)Cc1cccc(F)c1. The lowest BCUT2D eigenvalue weighted by molar-refractivity contribution is 0.153. The van der Waals surface area contributed by atoms with E-state index in [-0.39, 0.29) is 11.6 Å². The van der Waals surface area contributed by atoms with Gasteiger partial charge in [-0.15, -0.1) is 0 Å². The standard InChI is InChI=1S/C14H23FN2O2S/c1-14(11-16,17(2)7-8-20(3,18)19)10-12-5-4-6-13(15)9-12/h4-6,9H,7-8,10-11,16H2,1-3H3. The molecule has 1 aromatic carbocycles. The lowest BCUT2D eigenvalue weighted by atomic mass is 9.91. The molecule has 0 radical (unpaired) electrons. The molecule has 0 heterocycles. The minimum Gasteiger partial charge on any atom is -0.329 e. The van der Waals surface area contributed by atoms with Crippen molar-refractivity contribution in [3.05, 3.63) is 35.6 Å². The van der Waals surface area contributed by atoms with Crippen LogP contribution >= 0.6 is 0 Å². The average Bonchev–Trinajstić information content (AvgIpc) is 2.34. The molecule has 1 aromatic rings. The summed E-state index contributed by atoms with van der Waals surface area (Å²) in [4.78, 5) is 1.93. The Morgan fingerprint density at radius 3 is 2.55 bits per heavy atom. The number of nitrogens with two attached hydrogens (primary N) is 1. The highest BCUT2D eigenvalue weighted by Gasteiger charge is 2.28. The van der Waals surface area contributed by atoms with Crippen LogP contribution in [0.15, 0.2) is 24.3 Å². The third-order valence-corrected chi connectivity index (χ3v) is 4.56. The summed E-state index contributed by atoms with van der Waals surface area (Å²) in [5.41, 5.74) is 6.30. The van der Waals surface area contributed by atoms with Crippen LogP contribution in [0, 0.1) is 5.82 Å². The number of sulfone groups is 1. The van der Waals surface area contributed by atoms with Crippen LogP contribution < -0.4 is 5.73 Å². The molecule has 6 heteroatoms. The van der Waals surface area contributed by atoms with Crippen molar-refractivity contribution < 1.29 is 12.8 Å². The summed E-state index contributed by atoms with van der Waals surface area (Å²) in [5.74, 6) is -0.192. The smallest absolute Gasteiger partial charge is 0.148 e. The Morgan fingerprint density at radius 2 is 2.05 bits per heavy atom. The molecule has 0 aliphatic carbocycles. The number of likely N-dealkylation sites (N-methyl/N-ethyl adjacent to an activating group) is 1. The van der Waals surface area contributed by atoms with Crippen LogP contribution in [-0.2, 0) is 16.3 Å². The van der Waals surface area contributed by atoms with Gasteiger partial charge < -0.3 is 5.73 Å². The first-order valence-electron chi connectivity index (χ1n) is 6.50. The van der Waals surface area contributed by atoms with E-state index in [0.29, 0.717) is 19.5 Å². The van der Waals surface area contributed by atoms with Gasteiger partial charge in [-0.05, 0) is 38.1 Å². The maximum atomic E-state index is 13.2. The number of hydrogen-bond acceptors (Lipinski definition) is 4.